The molecule has 0 spiro atoms. The minimum Gasteiger partial charge on any atom is -0.478 e. The quantitative estimate of drug-likeness (QED) is 0.899. The lowest BCUT2D eigenvalue weighted by atomic mass is 10.3. The SMILES string of the molecule is O=C(O)c1cc(Sc2ccc(Br)cc2)ncc1Cl. The number of benzene rings is 1. The van der Waals surface area contributed by atoms with Crippen molar-refractivity contribution < 1.29 is 9.90 Å². The predicted molar refractivity (Wildman–Crippen MR) is 74.5 cm³/mol. The maximum absolute atomic E-state index is 10.9. The van der Waals surface area contributed by atoms with Gasteiger partial charge in [0, 0.05) is 15.6 Å². The van der Waals surface area contributed by atoms with Crippen LogP contribution in [0.4, 0.5) is 0 Å². The van der Waals surface area contributed by atoms with Crippen molar-refractivity contribution in [3.63, 3.8) is 0 Å². The Hall–Kier alpha value is -1.04. The molecule has 1 aromatic carbocycles. The van der Waals surface area contributed by atoms with E-state index in [1.165, 1.54) is 24.0 Å². The number of pyridine rings is 1. The Balaban J connectivity index is 2.27. The minimum atomic E-state index is -1.06. The molecule has 0 radical (unpaired) electrons. The molecule has 6 heteroatoms. The lowest BCUT2D eigenvalue weighted by molar-refractivity contribution is 0.0696. The van der Waals surface area contributed by atoms with E-state index in [4.69, 9.17) is 16.7 Å². The Labute approximate surface area is 121 Å². The summed E-state index contributed by atoms with van der Waals surface area (Å²) in [5.74, 6) is -1.06. The van der Waals surface area contributed by atoms with Gasteiger partial charge in [-0.15, -0.1) is 0 Å². The predicted octanol–water partition coefficient (Wildman–Crippen LogP) is 4.35. The Morgan fingerprint density at radius 3 is 2.61 bits per heavy atom. The van der Waals surface area contributed by atoms with Gasteiger partial charge in [0.2, 0.25) is 0 Å². The van der Waals surface area contributed by atoms with Gasteiger partial charge < -0.3 is 5.11 Å². The Morgan fingerprint density at radius 1 is 1.33 bits per heavy atom. The first-order valence-corrected chi connectivity index (χ1v) is 6.87. The molecule has 0 unspecified atom stereocenters. The van der Waals surface area contributed by atoms with Crippen molar-refractivity contribution in [1.29, 1.82) is 0 Å². The third-order valence-corrected chi connectivity index (χ3v) is 3.87. The van der Waals surface area contributed by atoms with E-state index in [1.54, 1.807) is 0 Å². The Morgan fingerprint density at radius 2 is 2.00 bits per heavy atom. The van der Waals surface area contributed by atoms with Gasteiger partial charge in [0.1, 0.15) is 5.03 Å². The van der Waals surface area contributed by atoms with Crippen molar-refractivity contribution in [2.45, 2.75) is 9.92 Å². The molecule has 1 aromatic heterocycles. The highest BCUT2D eigenvalue weighted by atomic mass is 79.9. The lowest BCUT2D eigenvalue weighted by Crippen LogP contribution is -1.98. The van der Waals surface area contributed by atoms with E-state index in [1.807, 2.05) is 24.3 Å². The topological polar surface area (TPSA) is 50.2 Å². The molecule has 0 aliphatic rings. The van der Waals surface area contributed by atoms with Gasteiger partial charge in [0.15, 0.2) is 0 Å². The van der Waals surface area contributed by atoms with Crippen molar-refractivity contribution in [3.8, 4) is 0 Å². The standard InChI is InChI=1S/C12H7BrClNO2S/c13-7-1-3-8(4-2-7)18-11-5-9(12(16)17)10(14)6-15-11/h1-6H,(H,16,17). The summed E-state index contributed by atoms with van der Waals surface area (Å²) < 4.78 is 0.988. The first-order chi connectivity index (χ1) is 8.56. The zero-order chi connectivity index (χ0) is 13.1. The second-order valence-electron chi connectivity index (χ2n) is 3.36. The van der Waals surface area contributed by atoms with E-state index in [0.29, 0.717) is 5.03 Å². The fourth-order valence-corrected chi connectivity index (χ4v) is 2.51. The number of carboxylic acid groups (broad SMARTS) is 1. The van der Waals surface area contributed by atoms with E-state index < -0.39 is 5.97 Å². The van der Waals surface area contributed by atoms with Crippen LogP contribution in [0.25, 0.3) is 0 Å². The molecule has 0 bridgehead atoms. The number of carbonyl (C=O) groups is 1. The summed E-state index contributed by atoms with van der Waals surface area (Å²) in [6, 6.07) is 9.14. The van der Waals surface area contributed by atoms with Gasteiger partial charge in [-0.3, -0.25) is 0 Å². The molecule has 0 saturated carbocycles. The van der Waals surface area contributed by atoms with Crippen molar-refractivity contribution in [2.75, 3.05) is 0 Å². The molecular weight excluding hydrogens is 338 g/mol. The fraction of sp³-hybridized carbons (Fsp3) is 0. The second-order valence-corrected chi connectivity index (χ2v) is 5.78. The van der Waals surface area contributed by atoms with Crippen molar-refractivity contribution in [1.82, 2.24) is 4.98 Å². The molecule has 92 valence electrons. The van der Waals surface area contributed by atoms with Crippen LogP contribution in [-0.4, -0.2) is 16.1 Å². The van der Waals surface area contributed by atoms with Crippen LogP contribution in [0.5, 0.6) is 0 Å². The molecule has 1 N–H and O–H groups in total. The van der Waals surface area contributed by atoms with Gasteiger partial charge >= 0.3 is 5.97 Å². The molecule has 18 heavy (non-hydrogen) atoms. The normalized spacial score (nSPS) is 10.3. The summed E-state index contributed by atoms with van der Waals surface area (Å²) in [7, 11) is 0. The molecule has 0 amide bonds. The summed E-state index contributed by atoms with van der Waals surface area (Å²) in [6.45, 7) is 0. The van der Waals surface area contributed by atoms with Crippen LogP contribution >= 0.6 is 39.3 Å². The maximum Gasteiger partial charge on any atom is 0.337 e. The van der Waals surface area contributed by atoms with Crippen LogP contribution in [0.3, 0.4) is 0 Å². The number of carboxylic acids is 1. The third-order valence-electron chi connectivity index (χ3n) is 2.10. The van der Waals surface area contributed by atoms with Gasteiger partial charge in [-0.2, -0.15) is 0 Å². The van der Waals surface area contributed by atoms with Crippen molar-refractivity contribution in [3.05, 3.63) is 51.6 Å². The Kier molecular flexibility index (Phi) is 4.27. The van der Waals surface area contributed by atoms with Crippen LogP contribution in [0.15, 0.2) is 50.9 Å². The van der Waals surface area contributed by atoms with Crippen LogP contribution < -0.4 is 0 Å². The highest BCUT2D eigenvalue weighted by Crippen LogP contribution is 2.29. The average molecular weight is 345 g/mol. The van der Waals surface area contributed by atoms with Crippen molar-refractivity contribution in [2.24, 2.45) is 0 Å². The lowest BCUT2D eigenvalue weighted by Gasteiger charge is -2.03. The zero-order valence-corrected chi connectivity index (χ0v) is 12.1. The molecule has 2 aromatic rings. The number of aromatic nitrogens is 1. The minimum absolute atomic E-state index is 0.0614. The zero-order valence-electron chi connectivity index (χ0n) is 8.93. The van der Waals surface area contributed by atoms with Gasteiger partial charge in [-0.1, -0.05) is 39.3 Å². The molecule has 1 heterocycles. The molecule has 0 fully saturated rings. The van der Waals surface area contributed by atoms with Crippen LogP contribution in [-0.2, 0) is 0 Å². The summed E-state index contributed by atoms with van der Waals surface area (Å²) in [5.41, 5.74) is 0.0614. The summed E-state index contributed by atoms with van der Waals surface area (Å²) in [6.07, 6.45) is 1.35. The number of halogens is 2. The van der Waals surface area contributed by atoms with E-state index in [-0.39, 0.29) is 10.6 Å². The smallest absolute Gasteiger partial charge is 0.337 e. The van der Waals surface area contributed by atoms with Crippen LogP contribution in [0, 0.1) is 0 Å². The Bertz CT molecular complexity index is 589. The van der Waals surface area contributed by atoms with E-state index in [2.05, 4.69) is 20.9 Å². The van der Waals surface area contributed by atoms with Gasteiger partial charge in [0.05, 0.1) is 10.6 Å². The van der Waals surface area contributed by atoms with E-state index in [0.717, 1.165) is 9.37 Å². The van der Waals surface area contributed by atoms with E-state index >= 15 is 0 Å². The van der Waals surface area contributed by atoms with Gasteiger partial charge in [-0.25, -0.2) is 9.78 Å². The molecule has 3 nitrogen and oxygen atoms in total. The monoisotopic (exact) mass is 343 g/mol. The third kappa shape index (κ3) is 3.25. The first kappa shape index (κ1) is 13.4. The van der Waals surface area contributed by atoms with Crippen molar-refractivity contribution >= 4 is 45.3 Å². The summed E-state index contributed by atoms with van der Waals surface area (Å²) >= 11 is 10.5. The molecule has 0 saturated heterocycles. The highest BCUT2D eigenvalue weighted by Gasteiger charge is 2.11. The summed E-state index contributed by atoms with van der Waals surface area (Å²) in [4.78, 5) is 16.0. The number of nitrogens with zero attached hydrogens (tertiary/aromatic N) is 1. The average Bonchev–Trinajstić information content (AvgIpc) is 2.34. The van der Waals surface area contributed by atoms with E-state index in [9.17, 15) is 4.79 Å². The fourth-order valence-electron chi connectivity index (χ4n) is 1.26. The molecule has 0 aliphatic heterocycles. The molecular formula is C12H7BrClNO2S. The maximum atomic E-state index is 10.9. The highest BCUT2D eigenvalue weighted by molar-refractivity contribution is 9.10. The molecule has 0 atom stereocenters. The van der Waals surface area contributed by atoms with Crippen LogP contribution in [0.1, 0.15) is 10.4 Å². The largest absolute Gasteiger partial charge is 0.478 e. The first-order valence-electron chi connectivity index (χ1n) is 4.88. The van der Waals surface area contributed by atoms with Crippen LogP contribution in [0.2, 0.25) is 5.02 Å². The summed E-state index contributed by atoms with van der Waals surface area (Å²) in [5, 5.41) is 9.70. The van der Waals surface area contributed by atoms with Gasteiger partial charge in [0.25, 0.3) is 0 Å². The number of rotatable bonds is 3. The van der Waals surface area contributed by atoms with Gasteiger partial charge in [-0.05, 0) is 30.3 Å². The second kappa shape index (κ2) is 5.73. The molecule has 0 aliphatic carbocycles. The molecule has 2 rings (SSSR count). The number of hydrogen-bond acceptors (Lipinski definition) is 3. The number of hydrogen-bond donors (Lipinski definition) is 1. The number of aromatic carboxylic acids is 1.